The molecule has 0 saturated heterocycles. The molecule has 0 N–H and O–H groups in total. The molecule has 1 aliphatic heterocycles. The molecule has 1 heterocycles. The zero-order chi connectivity index (χ0) is 12.4. The first kappa shape index (κ1) is 11.1. The van der Waals surface area contributed by atoms with Crippen molar-refractivity contribution in [1.29, 1.82) is 0 Å². The van der Waals surface area contributed by atoms with Crippen LogP contribution in [0.3, 0.4) is 0 Å². The summed E-state index contributed by atoms with van der Waals surface area (Å²) in [4.78, 5) is 0. The lowest BCUT2D eigenvalue weighted by molar-refractivity contribution is 0.173. The van der Waals surface area contributed by atoms with Crippen LogP contribution >= 0.6 is 0 Å². The van der Waals surface area contributed by atoms with Gasteiger partial charge in [0.25, 0.3) is 0 Å². The summed E-state index contributed by atoms with van der Waals surface area (Å²) in [6.07, 6.45) is 2.08. The molecule has 0 amide bonds. The molecular weight excluding hydrogens is 224 g/mol. The van der Waals surface area contributed by atoms with Gasteiger partial charge in [0, 0.05) is 0 Å². The zero-order valence-corrected chi connectivity index (χ0v) is 10.5. The summed E-state index contributed by atoms with van der Waals surface area (Å²) in [5.41, 5.74) is 3.83. The summed E-state index contributed by atoms with van der Waals surface area (Å²) in [6.45, 7) is 2.41. The lowest BCUT2D eigenvalue weighted by Gasteiger charge is -2.06. The predicted octanol–water partition coefficient (Wildman–Crippen LogP) is 3.51. The van der Waals surface area contributed by atoms with E-state index in [1.54, 1.807) is 0 Å². The average molecular weight is 240 g/mol. The summed E-state index contributed by atoms with van der Waals surface area (Å²) >= 11 is 0. The van der Waals surface area contributed by atoms with E-state index in [0.29, 0.717) is 6.79 Å². The molecule has 2 aromatic rings. The van der Waals surface area contributed by atoms with E-state index in [0.717, 1.165) is 29.9 Å². The first-order valence-corrected chi connectivity index (χ1v) is 6.26. The highest BCUT2D eigenvalue weighted by molar-refractivity contribution is 5.50. The smallest absolute Gasteiger partial charge is 0.231 e. The van der Waals surface area contributed by atoms with Crippen molar-refractivity contribution in [2.75, 3.05) is 6.79 Å². The Morgan fingerprint density at radius 3 is 2.56 bits per heavy atom. The van der Waals surface area contributed by atoms with Gasteiger partial charge in [0.1, 0.15) is 0 Å². The molecule has 0 atom stereocenters. The number of hydrogen-bond donors (Lipinski definition) is 0. The second kappa shape index (κ2) is 4.73. The number of fused-ring (bicyclic) bond motifs is 1. The SMILES string of the molecule is Cc1cc(CCc2ccccc2)cc2c1OCO2. The summed E-state index contributed by atoms with van der Waals surface area (Å²) < 4.78 is 10.9. The molecule has 0 aromatic heterocycles. The topological polar surface area (TPSA) is 18.5 Å². The van der Waals surface area contributed by atoms with Gasteiger partial charge in [-0.25, -0.2) is 0 Å². The third-order valence-corrected chi connectivity index (χ3v) is 3.26. The number of rotatable bonds is 3. The second-order valence-corrected chi connectivity index (χ2v) is 4.63. The standard InChI is InChI=1S/C16H16O2/c1-12-9-14(10-15-16(12)18-11-17-15)8-7-13-5-3-2-4-6-13/h2-6,9-10H,7-8,11H2,1H3. The van der Waals surface area contributed by atoms with Crippen molar-refractivity contribution in [3.63, 3.8) is 0 Å². The largest absolute Gasteiger partial charge is 0.454 e. The third-order valence-electron chi connectivity index (χ3n) is 3.26. The summed E-state index contributed by atoms with van der Waals surface area (Å²) in [6, 6.07) is 14.8. The summed E-state index contributed by atoms with van der Waals surface area (Å²) in [7, 11) is 0. The van der Waals surface area contributed by atoms with E-state index in [4.69, 9.17) is 9.47 Å². The molecule has 2 heteroatoms. The molecule has 0 spiro atoms. The molecule has 92 valence electrons. The predicted molar refractivity (Wildman–Crippen MR) is 71.2 cm³/mol. The zero-order valence-electron chi connectivity index (χ0n) is 10.5. The Labute approximate surface area is 107 Å². The van der Waals surface area contributed by atoms with Crippen LogP contribution in [-0.2, 0) is 12.8 Å². The van der Waals surface area contributed by atoms with Gasteiger partial charge < -0.3 is 9.47 Å². The molecule has 0 radical (unpaired) electrons. The maximum Gasteiger partial charge on any atom is 0.231 e. The molecule has 0 fully saturated rings. The van der Waals surface area contributed by atoms with E-state index in [-0.39, 0.29) is 0 Å². The lowest BCUT2D eigenvalue weighted by atomic mass is 10.0. The lowest BCUT2D eigenvalue weighted by Crippen LogP contribution is -1.93. The molecule has 0 aliphatic carbocycles. The Kier molecular flexibility index (Phi) is 2.93. The number of aryl methyl sites for hydroxylation is 3. The van der Waals surface area contributed by atoms with Gasteiger partial charge in [-0.3, -0.25) is 0 Å². The summed E-state index contributed by atoms with van der Waals surface area (Å²) in [5, 5.41) is 0. The molecule has 3 rings (SSSR count). The highest BCUT2D eigenvalue weighted by Crippen LogP contribution is 2.36. The molecule has 1 aliphatic rings. The van der Waals surface area contributed by atoms with E-state index in [1.165, 1.54) is 11.1 Å². The average Bonchev–Trinajstić information content (AvgIpc) is 2.86. The fraction of sp³-hybridized carbons (Fsp3) is 0.250. The van der Waals surface area contributed by atoms with Crippen LogP contribution < -0.4 is 9.47 Å². The Bertz CT molecular complexity index is 547. The van der Waals surface area contributed by atoms with E-state index in [2.05, 4.69) is 43.3 Å². The van der Waals surface area contributed by atoms with Crippen molar-refractivity contribution < 1.29 is 9.47 Å². The number of hydrogen-bond acceptors (Lipinski definition) is 2. The van der Waals surface area contributed by atoms with Crippen LogP contribution in [0.2, 0.25) is 0 Å². The minimum Gasteiger partial charge on any atom is -0.454 e. The van der Waals surface area contributed by atoms with E-state index in [1.807, 2.05) is 6.07 Å². The van der Waals surface area contributed by atoms with Gasteiger partial charge in [-0.1, -0.05) is 36.4 Å². The van der Waals surface area contributed by atoms with Crippen molar-refractivity contribution in [2.45, 2.75) is 19.8 Å². The van der Waals surface area contributed by atoms with Gasteiger partial charge in [-0.15, -0.1) is 0 Å². The Morgan fingerprint density at radius 1 is 0.944 bits per heavy atom. The Balaban J connectivity index is 1.76. The Morgan fingerprint density at radius 2 is 1.72 bits per heavy atom. The van der Waals surface area contributed by atoms with E-state index in [9.17, 15) is 0 Å². The quantitative estimate of drug-likeness (QED) is 0.817. The van der Waals surface area contributed by atoms with Gasteiger partial charge >= 0.3 is 0 Å². The second-order valence-electron chi connectivity index (χ2n) is 4.63. The molecule has 0 unspecified atom stereocenters. The van der Waals surface area contributed by atoms with Crippen LogP contribution in [0, 0.1) is 6.92 Å². The molecule has 0 saturated carbocycles. The molecular formula is C16H16O2. The number of benzene rings is 2. The summed E-state index contributed by atoms with van der Waals surface area (Å²) in [5.74, 6) is 1.79. The van der Waals surface area contributed by atoms with Gasteiger partial charge in [-0.05, 0) is 42.5 Å². The normalized spacial score (nSPS) is 12.7. The minimum absolute atomic E-state index is 0.346. The minimum atomic E-state index is 0.346. The highest BCUT2D eigenvalue weighted by Gasteiger charge is 2.16. The van der Waals surface area contributed by atoms with Crippen LogP contribution in [0.4, 0.5) is 0 Å². The van der Waals surface area contributed by atoms with E-state index >= 15 is 0 Å². The highest BCUT2D eigenvalue weighted by atomic mass is 16.7. The van der Waals surface area contributed by atoms with Crippen LogP contribution in [0.5, 0.6) is 11.5 Å². The van der Waals surface area contributed by atoms with Crippen molar-refractivity contribution in [3.8, 4) is 11.5 Å². The van der Waals surface area contributed by atoms with Gasteiger partial charge in [-0.2, -0.15) is 0 Å². The fourth-order valence-electron chi connectivity index (χ4n) is 2.34. The third kappa shape index (κ3) is 2.19. The molecule has 2 nitrogen and oxygen atoms in total. The Hall–Kier alpha value is -1.96. The maximum atomic E-state index is 5.45. The van der Waals surface area contributed by atoms with Gasteiger partial charge in [0.05, 0.1) is 0 Å². The van der Waals surface area contributed by atoms with Crippen LogP contribution in [0.25, 0.3) is 0 Å². The van der Waals surface area contributed by atoms with E-state index < -0.39 is 0 Å². The van der Waals surface area contributed by atoms with Crippen LogP contribution in [0.1, 0.15) is 16.7 Å². The van der Waals surface area contributed by atoms with Gasteiger partial charge in [0.2, 0.25) is 6.79 Å². The molecule has 18 heavy (non-hydrogen) atoms. The first-order valence-electron chi connectivity index (χ1n) is 6.26. The van der Waals surface area contributed by atoms with Crippen molar-refractivity contribution >= 4 is 0 Å². The van der Waals surface area contributed by atoms with Gasteiger partial charge in [0.15, 0.2) is 11.5 Å². The molecule has 2 aromatic carbocycles. The van der Waals surface area contributed by atoms with Crippen molar-refractivity contribution in [3.05, 3.63) is 59.2 Å². The number of ether oxygens (including phenoxy) is 2. The fourth-order valence-corrected chi connectivity index (χ4v) is 2.34. The first-order chi connectivity index (χ1) is 8.83. The monoisotopic (exact) mass is 240 g/mol. The maximum absolute atomic E-state index is 5.45. The van der Waals surface area contributed by atoms with Crippen LogP contribution in [0.15, 0.2) is 42.5 Å². The van der Waals surface area contributed by atoms with Crippen LogP contribution in [-0.4, -0.2) is 6.79 Å². The van der Waals surface area contributed by atoms with Crippen molar-refractivity contribution in [1.82, 2.24) is 0 Å². The molecule has 0 bridgehead atoms. The van der Waals surface area contributed by atoms with Crippen molar-refractivity contribution in [2.24, 2.45) is 0 Å².